The summed E-state index contributed by atoms with van der Waals surface area (Å²) in [6.45, 7) is 1.82. The van der Waals surface area contributed by atoms with E-state index in [4.69, 9.17) is 5.73 Å². The van der Waals surface area contributed by atoms with Gasteiger partial charge in [-0.2, -0.15) is 11.8 Å². The predicted molar refractivity (Wildman–Crippen MR) is 55.3 cm³/mol. The normalized spacial score (nSPS) is 14.6. The SMILES string of the molecule is CSCCS(=O)(=O)CCC(C)N. The maximum absolute atomic E-state index is 11.2. The van der Waals surface area contributed by atoms with Crippen molar-refractivity contribution in [3.8, 4) is 0 Å². The summed E-state index contributed by atoms with van der Waals surface area (Å²) >= 11 is 1.55. The lowest BCUT2D eigenvalue weighted by atomic mass is 10.3. The molecule has 0 radical (unpaired) electrons. The van der Waals surface area contributed by atoms with Crippen LogP contribution in [0.1, 0.15) is 13.3 Å². The number of sulfone groups is 1. The lowest BCUT2D eigenvalue weighted by Gasteiger charge is -2.05. The van der Waals surface area contributed by atoms with Gasteiger partial charge in [0.15, 0.2) is 9.84 Å². The van der Waals surface area contributed by atoms with Crippen LogP contribution in [0.3, 0.4) is 0 Å². The first-order valence-corrected chi connectivity index (χ1v) is 7.14. The monoisotopic (exact) mass is 211 g/mol. The number of hydrogen-bond acceptors (Lipinski definition) is 4. The van der Waals surface area contributed by atoms with E-state index in [0.717, 1.165) is 0 Å². The van der Waals surface area contributed by atoms with Crippen LogP contribution in [0.15, 0.2) is 0 Å². The molecule has 1 atom stereocenters. The highest BCUT2D eigenvalue weighted by atomic mass is 32.2. The van der Waals surface area contributed by atoms with Gasteiger partial charge in [-0.1, -0.05) is 0 Å². The smallest absolute Gasteiger partial charge is 0.151 e. The molecule has 0 aromatic carbocycles. The van der Waals surface area contributed by atoms with Crippen molar-refractivity contribution < 1.29 is 8.42 Å². The Morgan fingerprint density at radius 3 is 2.42 bits per heavy atom. The Kier molecular flexibility index (Phi) is 5.96. The van der Waals surface area contributed by atoms with E-state index in [0.29, 0.717) is 12.2 Å². The van der Waals surface area contributed by atoms with Crippen LogP contribution in [0.25, 0.3) is 0 Å². The molecular weight excluding hydrogens is 194 g/mol. The Balaban J connectivity index is 3.73. The third-order valence-electron chi connectivity index (χ3n) is 1.48. The molecule has 0 spiro atoms. The number of nitrogens with two attached hydrogens (primary N) is 1. The van der Waals surface area contributed by atoms with Crippen molar-refractivity contribution >= 4 is 21.6 Å². The van der Waals surface area contributed by atoms with Crippen LogP contribution >= 0.6 is 11.8 Å². The zero-order chi connectivity index (χ0) is 9.61. The highest BCUT2D eigenvalue weighted by molar-refractivity contribution is 8.00. The second-order valence-corrected chi connectivity index (χ2v) is 6.20. The average molecular weight is 211 g/mol. The van der Waals surface area contributed by atoms with Crippen molar-refractivity contribution in [3.05, 3.63) is 0 Å². The van der Waals surface area contributed by atoms with Gasteiger partial charge in [0.05, 0.1) is 11.5 Å². The Bertz CT molecular complexity index is 199. The number of thioether (sulfide) groups is 1. The molecule has 0 aliphatic rings. The summed E-state index contributed by atoms with van der Waals surface area (Å²) in [5.74, 6) is 1.19. The first-order chi connectivity index (χ1) is 5.48. The van der Waals surface area contributed by atoms with E-state index < -0.39 is 9.84 Å². The second kappa shape index (κ2) is 5.83. The van der Waals surface area contributed by atoms with E-state index in [2.05, 4.69) is 0 Å². The molecule has 1 unspecified atom stereocenters. The Labute approximate surface area is 79.0 Å². The topological polar surface area (TPSA) is 60.2 Å². The highest BCUT2D eigenvalue weighted by Crippen LogP contribution is 2.00. The Hall–Kier alpha value is 0.260. The molecule has 0 aromatic rings. The molecule has 0 amide bonds. The zero-order valence-corrected chi connectivity index (χ0v) is 9.25. The molecule has 2 N–H and O–H groups in total. The maximum Gasteiger partial charge on any atom is 0.151 e. The van der Waals surface area contributed by atoms with Gasteiger partial charge in [-0.15, -0.1) is 0 Å². The van der Waals surface area contributed by atoms with Gasteiger partial charge in [-0.05, 0) is 19.6 Å². The molecule has 12 heavy (non-hydrogen) atoms. The lowest BCUT2D eigenvalue weighted by Crippen LogP contribution is -2.22. The van der Waals surface area contributed by atoms with Crippen molar-refractivity contribution in [2.45, 2.75) is 19.4 Å². The molecule has 0 aromatic heterocycles. The fourth-order valence-electron chi connectivity index (χ4n) is 0.678. The standard InChI is InChI=1S/C7H17NO2S2/c1-7(8)3-5-12(9,10)6-4-11-2/h7H,3-6,8H2,1-2H3. The van der Waals surface area contributed by atoms with E-state index in [9.17, 15) is 8.42 Å². The van der Waals surface area contributed by atoms with Gasteiger partial charge in [-0.25, -0.2) is 8.42 Å². The molecule has 0 fully saturated rings. The van der Waals surface area contributed by atoms with Crippen LogP contribution in [0.5, 0.6) is 0 Å². The van der Waals surface area contributed by atoms with E-state index in [-0.39, 0.29) is 17.5 Å². The molecule has 0 rings (SSSR count). The van der Waals surface area contributed by atoms with Crippen LogP contribution in [0.4, 0.5) is 0 Å². The molecule has 5 heteroatoms. The van der Waals surface area contributed by atoms with Crippen LogP contribution in [-0.2, 0) is 9.84 Å². The van der Waals surface area contributed by atoms with E-state index in [1.54, 1.807) is 11.8 Å². The van der Waals surface area contributed by atoms with Crippen LogP contribution in [0, 0.1) is 0 Å². The van der Waals surface area contributed by atoms with Gasteiger partial charge in [0.1, 0.15) is 0 Å². The minimum atomic E-state index is -2.84. The quantitative estimate of drug-likeness (QED) is 0.695. The van der Waals surface area contributed by atoms with Gasteiger partial charge in [0.2, 0.25) is 0 Å². The van der Waals surface area contributed by atoms with Crippen molar-refractivity contribution in [2.75, 3.05) is 23.5 Å². The minimum Gasteiger partial charge on any atom is -0.328 e. The predicted octanol–water partition coefficient (Wildman–Crippen LogP) is 0.501. The summed E-state index contributed by atoms with van der Waals surface area (Å²) in [5, 5.41) is 0. The van der Waals surface area contributed by atoms with E-state index in [1.807, 2.05) is 13.2 Å². The van der Waals surface area contributed by atoms with Gasteiger partial charge in [-0.3, -0.25) is 0 Å². The summed E-state index contributed by atoms with van der Waals surface area (Å²) in [7, 11) is -2.84. The summed E-state index contributed by atoms with van der Waals surface area (Å²) in [6, 6.07) is -0.0194. The van der Waals surface area contributed by atoms with Crippen molar-refractivity contribution in [2.24, 2.45) is 5.73 Å². The molecule has 0 saturated heterocycles. The fraction of sp³-hybridized carbons (Fsp3) is 1.00. The first kappa shape index (κ1) is 12.3. The van der Waals surface area contributed by atoms with Crippen LogP contribution in [-0.4, -0.2) is 38.0 Å². The van der Waals surface area contributed by atoms with Gasteiger partial charge in [0, 0.05) is 11.8 Å². The first-order valence-electron chi connectivity index (χ1n) is 3.93. The summed E-state index contributed by atoms with van der Waals surface area (Å²) in [5.41, 5.74) is 5.46. The zero-order valence-electron chi connectivity index (χ0n) is 7.62. The minimum absolute atomic E-state index is 0.0194. The largest absolute Gasteiger partial charge is 0.328 e. The third-order valence-corrected chi connectivity index (χ3v) is 4.04. The molecule has 0 heterocycles. The number of hydrogen-bond donors (Lipinski definition) is 1. The van der Waals surface area contributed by atoms with Gasteiger partial charge >= 0.3 is 0 Å². The highest BCUT2D eigenvalue weighted by Gasteiger charge is 2.10. The van der Waals surface area contributed by atoms with Crippen molar-refractivity contribution in [1.29, 1.82) is 0 Å². The Morgan fingerprint density at radius 1 is 1.42 bits per heavy atom. The molecular formula is C7H17NO2S2. The van der Waals surface area contributed by atoms with Crippen LogP contribution in [0.2, 0.25) is 0 Å². The summed E-state index contributed by atoms with van der Waals surface area (Å²) in [6.07, 6.45) is 2.47. The maximum atomic E-state index is 11.2. The molecule has 74 valence electrons. The average Bonchev–Trinajstić information content (AvgIpc) is 1.98. The van der Waals surface area contributed by atoms with Gasteiger partial charge < -0.3 is 5.73 Å². The number of rotatable bonds is 6. The summed E-state index contributed by atoms with van der Waals surface area (Å²) < 4.78 is 22.5. The molecule has 3 nitrogen and oxygen atoms in total. The van der Waals surface area contributed by atoms with Crippen molar-refractivity contribution in [1.82, 2.24) is 0 Å². The lowest BCUT2D eigenvalue weighted by molar-refractivity contribution is 0.589. The molecule has 0 bridgehead atoms. The van der Waals surface area contributed by atoms with E-state index in [1.165, 1.54) is 0 Å². The van der Waals surface area contributed by atoms with Crippen LogP contribution < -0.4 is 5.73 Å². The molecule has 0 aliphatic carbocycles. The Morgan fingerprint density at radius 2 is 2.00 bits per heavy atom. The molecule has 0 aliphatic heterocycles. The van der Waals surface area contributed by atoms with Gasteiger partial charge in [0.25, 0.3) is 0 Å². The van der Waals surface area contributed by atoms with Crippen molar-refractivity contribution in [3.63, 3.8) is 0 Å². The summed E-state index contributed by atoms with van der Waals surface area (Å²) in [4.78, 5) is 0. The van der Waals surface area contributed by atoms with E-state index >= 15 is 0 Å². The third kappa shape index (κ3) is 6.94. The molecule has 0 saturated carbocycles. The second-order valence-electron chi connectivity index (χ2n) is 2.91. The fourth-order valence-corrected chi connectivity index (χ4v) is 3.30.